The molecule has 0 N–H and O–H groups in total. The van der Waals surface area contributed by atoms with Gasteiger partial charge in [-0.2, -0.15) is 0 Å². The molecule has 0 bridgehead atoms. The van der Waals surface area contributed by atoms with Crippen molar-refractivity contribution in [2.45, 2.75) is 27.7 Å². The Morgan fingerprint density at radius 1 is 0.625 bits per heavy atom. The van der Waals surface area contributed by atoms with E-state index in [1.54, 1.807) is 0 Å². The van der Waals surface area contributed by atoms with E-state index in [-0.39, 0.29) is 6.71 Å². The summed E-state index contributed by atoms with van der Waals surface area (Å²) in [5.41, 5.74) is 9.58. The molecule has 0 aliphatic rings. The fourth-order valence-electron chi connectivity index (χ4n) is 3.73. The zero-order chi connectivity index (χ0) is 17.3. The fourth-order valence-corrected chi connectivity index (χ4v) is 4.15. The lowest BCUT2D eigenvalue weighted by atomic mass is 9.34. The summed E-state index contributed by atoms with van der Waals surface area (Å²) < 4.78 is 1.13. The molecule has 0 aliphatic heterocycles. The van der Waals surface area contributed by atoms with E-state index >= 15 is 0 Å². The molecule has 0 radical (unpaired) electrons. The average Bonchev–Trinajstić information content (AvgIpc) is 2.53. The second-order valence-electron chi connectivity index (χ2n) is 6.60. The summed E-state index contributed by atoms with van der Waals surface area (Å²) >= 11 is 3.65. The van der Waals surface area contributed by atoms with Crippen LogP contribution in [0.15, 0.2) is 65.1 Å². The van der Waals surface area contributed by atoms with E-state index in [1.165, 1.54) is 38.6 Å². The molecule has 120 valence electrons. The highest BCUT2D eigenvalue weighted by atomic mass is 79.9. The lowest BCUT2D eigenvalue weighted by Gasteiger charge is -2.23. The summed E-state index contributed by atoms with van der Waals surface area (Å²) in [5, 5.41) is 0. The topological polar surface area (TPSA) is 0 Å². The summed E-state index contributed by atoms with van der Waals surface area (Å²) in [6, 6.07) is 21.9. The van der Waals surface area contributed by atoms with Crippen LogP contribution in [0.1, 0.15) is 22.3 Å². The maximum Gasteiger partial charge on any atom is 0.242 e. The fraction of sp³-hybridized carbons (Fsp3) is 0.182. The van der Waals surface area contributed by atoms with Crippen molar-refractivity contribution in [3.8, 4) is 0 Å². The minimum absolute atomic E-state index is 0.255. The standard InChI is InChI=1S/C22H22BBr/c1-15-8-5-9-16(2)21(15)23(19-12-7-13-20(24)14-19)22-17(3)10-6-11-18(22)4/h5-14H,1-4H3. The van der Waals surface area contributed by atoms with Crippen molar-refractivity contribution < 1.29 is 0 Å². The van der Waals surface area contributed by atoms with Gasteiger partial charge in [-0.1, -0.05) is 109 Å². The number of hydrogen-bond acceptors (Lipinski definition) is 0. The maximum atomic E-state index is 3.65. The Balaban J connectivity index is 2.34. The first kappa shape index (κ1) is 17.0. The van der Waals surface area contributed by atoms with Gasteiger partial charge in [0.1, 0.15) is 0 Å². The Hall–Kier alpha value is -1.80. The third kappa shape index (κ3) is 3.21. The van der Waals surface area contributed by atoms with Crippen molar-refractivity contribution >= 4 is 39.0 Å². The van der Waals surface area contributed by atoms with Crippen LogP contribution in [0, 0.1) is 27.7 Å². The summed E-state index contributed by atoms with van der Waals surface area (Å²) in [5.74, 6) is 0. The first-order chi connectivity index (χ1) is 11.5. The van der Waals surface area contributed by atoms with Crippen LogP contribution in [0.5, 0.6) is 0 Å². The van der Waals surface area contributed by atoms with E-state index < -0.39 is 0 Å². The third-order valence-corrected chi connectivity index (χ3v) is 5.34. The summed E-state index contributed by atoms with van der Waals surface area (Å²) in [4.78, 5) is 0. The first-order valence-electron chi connectivity index (χ1n) is 8.36. The van der Waals surface area contributed by atoms with Crippen LogP contribution >= 0.6 is 15.9 Å². The van der Waals surface area contributed by atoms with Gasteiger partial charge in [0, 0.05) is 4.47 Å². The molecule has 0 amide bonds. The summed E-state index contributed by atoms with van der Waals surface area (Å²) in [6.45, 7) is 9.15. The predicted octanol–water partition coefficient (Wildman–Crippen LogP) is 4.20. The van der Waals surface area contributed by atoms with Crippen LogP contribution in [0.3, 0.4) is 0 Å². The van der Waals surface area contributed by atoms with Gasteiger partial charge < -0.3 is 0 Å². The van der Waals surface area contributed by atoms with Crippen LogP contribution in [0.4, 0.5) is 0 Å². The van der Waals surface area contributed by atoms with Crippen LogP contribution in [0.25, 0.3) is 0 Å². The van der Waals surface area contributed by atoms with Crippen LogP contribution < -0.4 is 16.4 Å². The largest absolute Gasteiger partial charge is 0.242 e. The Morgan fingerprint density at radius 3 is 1.46 bits per heavy atom. The van der Waals surface area contributed by atoms with Crippen molar-refractivity contribution in [3.63, 3.8) is 0 Å². The number of rotatable bonds is 3. The van der Waals surface area contributed by atoms with Crippen LogP contribution in [-0.2, 0) is 0 Å². The molecule has 3 rings (SSSR count). The molecule has 0 fully saturated rings. The zero-order valence-electron chi connectivity index (χ0n) is 14.7. The summed E-state index contributed by atoms with van der Waals surface area (Å²) in [7, 11) is 0. The van der Waals surface area contributed by atoms with Gasteiger partial charge in [-0.15, -0.1) is 0 Å². The highest BCUT2D eigenvalue weighted by Gasteiger charge is 2.27. The number of hydrogen-bond donors (Lipinski definition) is 0. The third-order valence-electron chi connectivity index (χ3n) is 4.84. The van der Waals surface area contributed by atoms with E-state index in [2.05, 4.69) is 104 Å². The Bertz CT molecular complexity index is 791. The van der Waals surface area contributed by atoms with Gasteiger partial charge in [-0.3, -0.25) is 0 Å². The molecule has 0 unspecified atom stereocenters. The molecule has 24 heavy (non-hydrogen) atoms. The van der Waals surface area contributed by atoms with Crippen molar-refractivity contribution in [2.24, 2.45) is 0 Å². The molecule has 0 saturated carbocycles. The molecule has 3 aromatic carbocycles. The van der Waals surface area contributed by atoms with E-state index in [9.17, 15) is 0 Å². The van der Waals surface area contributed by atoms with Crippen molar-refractivity contribution in [1.82, 2.24) is 0 Å². The molecular formula is C22H22BBr. The quantitative estimate of drug-likeness (QED) is 0.601. The van der Waals surface area contributed by atoms with Gasteiger partial charge in [0.25, 0.3) is 0 Å². The van der Waals surface area contributed by atoms with Crippen molar-refractivity contribution in [2.75, 3.05) is 0 Å². The predicted molar refractivity (Wildman–Crippen MR) is 111 cm³/mol. The number of aryl methyl sites for hydroxylation is 4. The lowest BCUT2D eigenvalue weighted by molar-refractivity contribution is 1.41. The van der Waals surface area contributed by atoms with E-state index in [0.29, 0.717) is 0 Å². The minimum atomic E-state index is 0.255. The van der Waals surface area contributed by atoms with Gasteiger partial charge in [0.15, 0.2) is 0 Å². The summed E-state index contributed by atoms with van der Waals surface area (Å²) in [6.07, 6.45) is 0. The molecule has 0 spiro atoms. The highest BCUT2D eigenvalue weighted by molar-refractivity contribution is 9.10. The molecule has 0 nitrogen and oxygen atoms in total. The molecule has 0 aromatic heterocycles. The molecule has 0 heterocycles. The van der Waals surface area contributed by atoms with Gasteiger partial charge in [-0.05, 0) is 33.8 Å². The average molecular weight is 377 g/mol. The Labute approximate surface area is 154 Å². The first-order valence-corrected chi connectivity index (χ1v) is 9.16. The Morgan fingerprint density at radius 2 is 1.04 bits per heavy atom. The second kappa shape index (κ2) is 6.98. The monoisotopic (exact) mass is 376 g/mol. The normalized spacial score (nSPS) is 10.7. The number of halogens is 1. The van der Waals surface area contributed by atoms with Gasteiger partial charge in [0.05, 0.1) is 0 Å². The van der Waals surface area contributed by atoms with Gasteiger partial charge >= 0.3 is 0 Å². The SMILES string of the molecule is Cc1cccc(C)c1B(c1cccc(Br)c1)c1c(C)cccc1C. The molecule has 0 aliphatic carbocycles. The molecule has 3 aromatic rings. The van der Waals surface area contributed by atoms with E-state index in [4.69, 9.17) is 0 Å². The van der Waals surface area contributed by atoms with Crippen molar-refractivity contribution in [3.05, 3.63) is 87.4 Å². The van der Waals surface area contributed by atoms with E-state index in [1.807, 2.05) is 0 Å². The molecule has 0 saturated heterocycles. The van der Waals surface area contributed by atoms with E-state index in [0.717, 1.165) is 4.47 Å². The van der Waals surface area contributed by atoms with Crippen LogP contribution in [-0.4, -0.2) is 6.71 Å². The highest BCUT2D eigenvalue weighted by Crippen LogP contribution is 2.11. The smallest absolute Gasteiger partial charge is 0.0675 e. The number of benzene rings is 3. The van der Waals surface area contributed by atoms with Crippen LogP contribution in [0.2, 0.25) is 0 Å². The Kier molecular flexibility index (Phi) is 4.96. The molecular weight excluding hydrogens is 355 g/mol. The minimum Gasteiger partial charge on any atom is -0.0675 e. The maximum absolute atomic E-state index is 3.65. The second-order valence-corrected chi connectivity index (χ2v) is 7.51. The van der Waals surface area contributed by atoms with Crippen molar-refractivity contribution in [1.29, 1.82) is 0 Å². The lowest BCUT2D eigenvalue weighted by Crippen LogP contribution is -2.55. The van der Waals surface area contributed by atoms with Gasteiger partial charge in [0.2, 0.25) is 6.71 Å². The van der Waals surface area contributed by atoms with Gasteiger partial charge in [-0.25, -0.2) is 0 Å². The zero-order valence-corrected chi connectivity index (χ0v) is 16.3. The molecule has 2 heteroatoms. The molecule has 0 atom stereocenters.